The molecule has 138 valence electrons. The lowest BCUT2D eigenvalue weighted by atomic mass is 10.0. The average molecular weight is 373 g/mol. The minimum atomic E-state index is -2.29. The molecule has 0 aromatic heterocycles. The van der Waals surface area contributed by atoms with Gasteiger partial charge in [-0.1, -0.05) is 86.5 Å². The number of fused-ring (bicyclic) bond motifs is 3. The van der Waals surface area contributed by atoms with E-state index in [1.807, 2.05) is 0 Å². The number of hydrogen-bond acceptors (Lipinski definition) is 1. The summed E-state index contributed by atoms with van der Waals surface area (Å²) >= 11 is 0. The number of benzene rings is 3. The highest BCUT2D eigenvalue weighted by atomic mass is 28.3. The van der Waals surface area contributed by atoms with Crippen LogP contribution >= 0.6 is 0 Å². The van der Waals surface area contributed by atoms with Crippen molar-refractivity contribution < 1.29 is 4.74 Å². The van der Waals surface area contributed by atoms with Crippen molar-refractivity contribution in [1.29, 1.82) is 0 Å². The summed E-state index contributed by atoms with van der Waals surface area (Å²) in [5.41, 5.74) is 5.37. The van der Waals surface area contributed by atoms with E-state index in [0.717, 1.165) is 5.75 Å². The predicted molar refractivity (Wildman–Crippen MR) is 119 cm³/mol. The Bertz CT molecular complexity index is 1010. The lowest BCUT2D eigenvalue weighted by Gasteiger charge is -2.42. The Morgan fingerprint density at radius 1 is 0.778 bits per heavy atom. The number of methoxy groups -OCH3 is 1. The van der Waals surface area contributed by atoms with Crippen molar-refractivity contribution >= 4 is 23.6 Å². The van der Waals surface area contributed by atoms with Gasteiger partial charge >= 0.3 is 0 Å². The first-order valence-electron chi connectivity index (χ1n) is 9.67. The van der Waals surface area contributed by atoms with Crippen molar-refractivity contribution in [3.05, 3.63) is 71.8 Å². The van der Waals surface area contributed by atoms with Crippen LogP contribution in [0.3, 0.4) is 0 Å². The van der Waals surface area contributed by atoms with Crippen LogP contribution < -0.4 is 20.3 Å². The van der Waals surface area contributed by atoms with Gasteiger partial charge in [0.15, 0.2) is 8.07 Å². The van der Waals surface area contributed by atoms with Crippen molar-refractivity contribution in [1.82, 2.24) is 0 Å². The third kappa shape index (κ3) is 2.43. The summed E-state index contributed by atoms with van der Waals surface area (Å²) in [7, 11) is -0.481. The Morgan fingerprint density at radius 2 is 1.44 bits per heavy atom. The molecule has 0 saturated heterocycles. The first-order chi connectivity index (χ1) is 12.8. The molecule has 1 aliphatic rings. The zero-order valence-corrected chi connectivity index (χ0v) is 18.2. The fraction of sp³-hybridized carbons (Fsp3) is 0.280. The molecule has 1 atom stereocenters. The zero-order chi connectivity index (χ0) is 19.4. The van der Waals surface area contributed by atoms with Gasteiger partial charge in [-0.15, -0.1) is 0 Å². The molecule has 1 nitrogen and oxygen atoms in total. The van der Waals surface area contributed by atoms with Crippen LogP contribution in [0.15, 0.2) is 60.7 Å². The molecule has 0 amide bonds. The molecule has 0 aliphatic carbocycles. The maximum absolute atomic E-state index is 5.95. The van der Waals surface area contributed by atoms with Crippen LogP contribution in [-0.2, 0) is 0 Å². The van der Waals surface area contributed by atoms with Crippen molar-refractivity contribution in [3.63, 3.8) is 0 Å². The van der Waals surface area contributed by atoms with Gasteiger partial charge in [-0.2, -0.15) is 0 Å². The van der Waals surface area contributed by atoms with Crippen LogP contribution in [0, 0.1) is 13.8 Å². The smallest absolute Gasteiger partial charge is 0.159 e. The third-order valence-corrected chi connectivity index (χ3v) is 12.1. The second kappa shape index (κ2) is 6.10. The average Bonchev–Trinajstić information content (AvgIpc) is 2.93. The maximum Gasteiger partial charge on any atom is 0.159 e. The molecule has 3 aromatic carbocycles. The predicted octanol–water partition coefficient (Wildman–Crippen LogP) is 4.56. The van der Waals surface area contributed by atoms with Crippen LogP contribution in [0.2, 0.25) is 5.04 Å². The van der Waals surface area contributed by atoms with Crippen molar-refractivity contribution in [3.8, 4) is 16.9 Å². The van der Waals surface area contributed by atoms with Crippen LogP contribution in [0.4, 0.5) is 0 Å². The maximum atomic E-state index is 5.95. The van der Waals surface area contributed by atoms with Crippen LogP contribution in [0.1, 0.15) is 31.9 Å². The number of rotatable bonds is 2. The first kappa shape index (κ1) is 18.1. The van der Waals surface area contributed by atoms with E-state index in [1.54, 1.807) is 7.11 Å². The van der Waals surface area contributed by atoms with Gasteiger partial charge in [-0.25, -0.2) is 0 Å². The van der Waals surface area contributed by atoms with Gasteiger partial charge < -0.3 is 4.74 Å². The quantitative estimate of drug-likeness (QED) is 0.599. The SMILES string of the molecule is COc1cccc2c1[Si@](c1ccc(C)cc1)(C(C)(C)C)c1ccc(C)cc1-2. The number of aryl methyl sites for hydroxylation is 2. The molecular weight excluding hydrogens is 344 g/mol. The summed E-state index contributed by atoms with van der Waals surface area (Å²) in [6.45, 7) is 11.6. The Kier molecular flexibility index (Phi) is 4.08. The summed E-state index contributed by atoms with van der Waals surface area (Å²) in [5, 5.41) is 4.52. The Hall–Kier alpha value is -2.32. The first-order valence-corrected chi connectivity index (χ1v) is 11.7. The molecule has 3 aromatic rings. The fourth-order valence-electron chi connectivity index (χ4n) is 4.97. The number of ether oxygens (including phenoxy) is 1. The zero-order valence-electron chi connectivity index (χ0n) is 17.2. The molecule has 1 heterocycles. The lowest BCUT2D eigenvalue weighted by Crippen LogP contribution is -2.70. The number of hydrogen-bond donors (Lipinski definition) is 0. The summed E-state index contributed by atoms with van der Waals surface area (Å²) in [6, 6.07) is 22.8. The minimum absolute atomic E-state index is 0.103. The van der Waals surface area contributed by atoms with E-state index >= 15 is 0 Å². The van der Waals surface area contributed by atoms with E-state index in [1.165, 1.54) is 37.8 Å². The van der Waals surface area contributed by atoms with E-state index in [9.17, 15) is 0 Å². The topological polar surface area (TPSA) is 9.23 Å². The van der Waals surface area contributed by atoms with Gasteiger partial charge in [0.2, 0.25) is 0 Å². The van der Waals surface area contributed by atoms with E-state index in [2.05, 4.69) is 95.3 Å². The van der Waals surface area contributed by atoms with Crippen molar-refractivity contribution in [2.45, 2.75) is 39.7 Å². The normalized spacial score (nSPS) is 18.1. The van der Waals surface area contributed by atoms with Crippen LogP contribution in [0.5, 0.6) is 5.75 Å². The Morgan fingerprint density at radius 3 is 2.07 bits per heavy atom. The molecule has 4 rings (SSSR count). The second-order valence-corrected chi connectivity index (χ2v) is 13.4. The standard InChI is InChI=1S/C25H28OSi/c1-17-10-13-19(14-11-17)27(25(3,4)5)23-15-12-18(2)16-21(23)20-8-7-9-22(26-6)24(20)27/h7-16H,1-6H3/t27-/m1/s1. The molecule has 0 spiro atoms. The van der Waals surface area contributed by atoms with Crippen molar-refractivity contribution in [2.75, 3.05) is 7.11 Å². The van der Waals surface area contributed by atoms with Crippen molar-refractivity contribution in [2.24, 2.45) is 0 Å². The Labute approximate surface area is 164 Å². The highest BCUT2D eigenvalue weighted by Gasteiger charge is 2.56. The monoisotopic (exact) mass is 372 g/mol. The van der Waals surface area contributed by atoms with E-state index in [4.69, 9.17) is 4.74 Å². The minimum Gasteiger partial charge on any atom is -0.497 e. The lowest BCUT2D eigenvalue weighted by molar-refractivity contribution is 0.418. The molecular formula is C25H28OSi. The second-order valence-electron chi connectivity index (χ2n) is 8.80. The van der Waals surface area contributed by atoms with Gasteiger partial charge in [-0.05, 0) is 51.6 Å². The van der Waals surface area contributed by atoms with E-state index < -0.39 is 8.07 Å². The van der Waals surface area contributed by atoms with Gasteiger partial charge in [0, 0.05) is 0 Å². The molecule has 27 heavy (non-hydrogen) atoms. The molecule has 0 saturated carbocycles. The fourth-order valence-corrected chi connectivity index (χ4v) is 11.1. The van der Waals surface area contributed by atoms with Gasteiger partial charge in [0.05, 0.1) is 7.11 Å². The van der Waals surface area contributed by atoms with Crippen LogP contribution in [-0.4, -0.2) is 15.2 Å². The van der Waals surface area contributed by atoms with Crippen LogP contribution in [0.25, 0.3) is 11.1 Å². The summed E-state index contributed by atoms with van der Waals surface area (Å²) in [4.78, 5) is 0. The van der Waals surface area contributed by atoms with Gasteiger partial charge in [0.25, 0.3) is 0 Å². The summed E-state index contributed by atoms with van der Waals surface area (Å²) in [5.74, 6) is 1.03. The molecule has 0 N–H and O–H groups in total. The Balaban J connectivity index is 2.21. The molecule has 0 unspecified atom stereocenters. The molecule has 1 aliphatic heterocycles. The molecule has 0 bridgehead atoms. The van der Waals surface area contributed by atoms with Gasteiger partial charge in [-0.3, -0.25) is 0 Å². The van der Waals surface area contributed by atoms with Gasteiger partial charge in [0.1, 0.15) is 5.75 Å². The summed E-state index contributed by atoms with van der Waals surface area (Å²) < 4.78 is 5.95. The molecule has 0 fully saturated rings. The molecule has 2 heteroatoms. The highest BCUT2D eigenvalue weighted by Crippen LogP contribution is 2.44. The van der Waals surface area contributed by atoms with E-state index in [-0.39, 0.29) is 5.04 Å². The third-order valence-electron chi connectivity index (χ3n) is 6.10. The molecule has 0 radical (unpaired) electrons. The van der Waals surface area contributed by atoms with E-state index in [0.29, 0.717) is 0 Å². The largest absolute Gasteiger partial charge is 0.497 e. The summed E-state index contributed by atoms with van der Waals surface area (Å²) in [6.07, 6.45) is 0. The highest BCUT2D eigenvalue weighted by molar-refractivity contribution is 7.16.